The molecule has 17 heavy (non-hydrogen) atoms. The van der Waals surface area contributed by atoms with Crippen LogP contribution >= 0.6 is 0 Å². The fourth-order valence-electron chi connectivity index (χ4n) is 3.30. The lowest BCUT2D eigenvalue weighted by Gasteiger charge is -2.30. The van der Waals surface area contributed by atoms with Crippen LogP contribution in [0.3, 0.4) is 0 Å². The third-order valence-corrected chi connectivity index (χ3v) is 4.27. The first kappa shape index (κ1) is 12.6. The first-order valence-electron chi connectivity index (χ1n) is 6.69. The molecule has 2 saturated heterocycles. The Kier molecular flexibility index (Phi) is 3.87. The Morgan fingerprint density at radius 2 is 2.24 bits per heavy atom. The highest BCUT2D eigenvalue weighted by Gasteiger charge is 2.56. The van der Waals surface area contributed by atoms with Crippen LogP contribution in [0.25, 0.3) is 0 Å². The molecular formula is C14H22O3. The molecule has 3 unspecified atom stereocenters. The molecule has 2 rings (SSSR count). The Hall–Kier alpha value is -0.830. The fourth-order valence-corrected chi connectivity index (χ4v) is 3.30. The van der Waals surface area contributed by atoms with E-state index in [0.717, 1.165) is 51.4 Å². The number of rotatable bonds is 7. The fraction of sp³-hybridized carbons (Fsp3) is 0.786. The van der Waals surface area contributed by atoms with Crippen LogP contribution in [-0.4, -0.2) is 23.3 Å². The van der Waals surface area contributed by atoms with E-state index in [1.165, 1.54) is 0 Å². The zero-order valence-electron chi connectivity index (χ0n) is 10.4. The summed E-state index contributed by atoms with van der Waals surface area (Å²) in [6.07, 6.45) is 9.85. The number of hydrogen-bond donors (Lipinski definition) is 1. The van der Waals surface area contributed by atoms with Crippen molar-refractivity contribution in [1.82, 2.24) is 0 Å². The van der Waals surface area contributed by atoms with E-state index in [1.54, 1.807) is 0 Å². The first-order valence-corrected chi connectivity index (χ1v) is 6.69. The molecule has 3 nitrogen and oxygen atoms in total. The van der Waals surface area contributed by atoms with Gasteiger partial charge in [0.1, 0.15) is 0 Å². The molecule has 0 aliphatic carbocycles. The topological polar surface area (TPSA) is 46.5 Å². The zero-order chi connectivity index (χ0) is 12.3. The minimum atomic E-state index is -0.645. The predicted octanol–water partition coefficient (Wildman–Crippen LogP) is 3.15. The number of carboxylic acids is 1. The molecule has 0 saturated carbocycles. The number of ether oxygens (including phenoxy) is 1. The van der Waals surface area contributed by atoms with Crippen molar-refractivity contribution in [1.29, 1.82) is 0 Å². The maximum atomic E-state index is 11.5. The number of hydrogen-bond acceptors (Lipinski definition) is 2. The molecule has 2 aliphatic heterocycles. The first-order chi connectivity index (χ1) is 8.19. The van der Waals surface area contributed by atoms with Crippen LogP contribution in [0.5, 0.6) is 0 Å². The third kappa shape index (κ3) is 2.39. The van der Waals surface area contributed by atoms with Crippen molar-refractivity contribution in [2.24, 2.45) is 5.41 Å². The van der Waals surface area contributed by atoms with Gasteiger partial charge in [-0.3, -0.25) is 4.79 Å². The molecule has 1 N–H and O–H groups in total. The average molecular weight is 238 g/mol. The van der Waals surface area contributed by atoms with Crippen molar-refractivity contribution in [3.8, 4) is 0 Å². The van der Waals surface area contributed by atoms with Gasteiger partial charge < -0.3 is 9.84 Å². The SMILES string of the molecule is C=CCCCCCC1(C(=O)O)CC2CCC1O2. The Labute approximate surface area is 103 Å². The summed E-state index contributed by atoms with van der Waals surface area (Å²) in [6, 6.07) is 0. The third-order valence-electron chi connectivity index (χ3n) is 4.27. The highest BCUT2D eigenvalue weighted by atomic mass is 16.5. The lowest BCUT2D eigenvalue weighted by molar-refractivity contribution is -0.153. The number of aliphatic carboxylic acids is 1. The monoisotopic (exact) mass is 238 g/mol. The lowest BCUT2D eigenvalue weighted by atomic mass is 9.70. The summed E-state index contributed by atoms with van der Waals surface area (Å²) >= 11 is 0. The van der Waals surface area contributed by atoms with Gasteiger partial charge in [-0.2, -0.15) is 0 Å². The summed E-state index contributed by atoms with van der Waals surface area (Å²) in [5.74, 6) is -0.645. The highest BCUT2D eigenvalue weighted by molar-refractivity contribution is 5.76. The minimum absolute atomic E-state index is 0.0237. The molecule has 0 spiro atoms. The Morgan fingerprint density at radius 3 is 2.76 bits per heavy atom. The molecule has 2 fully saturated rings. The van der Waals surface area contributed by atoms with E-state index in [4.69, 9.17) is 4.74 Å². The van der Waals surface area contributed by atoms with E-state index in [-0.39, 0.29) is 12.2 Å². The van der Waals surface area contributed by atoms with Crippen LogP contribution < -0.4 is 0 Å². The van der Waals surface area contributed by atoms with Crippen LogP contribution in [0.15, 0.2) is 12.7 Å². The van der Waals surface area contributed by atoms with Crippen molar-refractivity contribution in [3.63, 3.8) is 0 Å². The number of carboxylic acid groups (broad SMARTS) is 1. The number of carbonyl (C=O) groups is 1. The van der Waals surface area contributed by atoms with Gasteiger partial charge in [0.2, 0.25) is 0 Å². The summed E-state index contributed by atoms with van der Waals surface area (Å²) in [6.45, 7) is 3.69. The van der Waals surface area contributed by atoms with Gasteiger partial charge in [0.15, 0.2) is 0 Å². The van der Waals surface area contributed by atoms with E-state index < -0.39 is 11.4 Å². The molecule has 3 heteroatoms. The Bertz CT molecular complexity index is 300. The van der Waals surface area contributed by atoms with Gasteiger partial charge in [0.25, 0.3) is 0 Å². The molecule has 2 bridgehead atoms. The summed E-state index contributed by atoms with van der Waals surface area (Å²) in [4.78, 5) is 11.5. The van der Waals surface area contributed by atoms with Crippen LogP contribution in [0.4, 0.5) is 0 Å². The van der Waals surface area contributed by atoms with Gasteiger partial charge in [0, 0.05) is 0 Å². The van der Waals surface area contributed by atoms with Crippen LogP contribution in [-0.2, 0) is 9.53 Å². The van der Waals surface area contributed by atoms with E-state index in [1.807, 2.05) is 6.08 Å². The van der Waals surface area contributed by atoms with Crippen LogP contribution in [0.2, 0.25) is 0 Å². The van der Waals surface area contributed by atoms with Gasteiger partial charge in [-0.1, -0.05) is 18.9 Å². The average Bonchev–Trinajstić information content (AvgIpc) is 2.89. The van der Waals surface area contributed by atoms with Crippen molar-refractivity contribution >= 4 is 5.97 Å². The highest BCUT2D eigenvalue weighted by Crippen LogP contribution is 2.50. The molecule has 0 amide bonds. The number of allylic oxidation sites excluding steroid dienone is 1. The van der Waals surface area contributed by atoms with Crippen LogP contribution in [0, 0.1) is 5.41 Å². The molecule has 0 aromatic heterocycles. The van der Waals surface area contributed by atoms with Gasteiger partial charge >= 0.3 is 5.97 Å². The second kappa shape index (κ2) is 5.21. The lowest BCUT2D eigenvalue weighted by Crippen LogP contribution is -2.40. The molecule has 96 valence electrons. The molecule has 2 aliphatic rings. The zero-order valence-corrected chi connectivity index (χ0v) is 10.4. The number of unbranched alkanes of at least 4 members (excludes halogenated alkanes) is 3. The van der Waals surface area contributed by atoms with Crippen molar-refractivity contribution in [3.05, 3.63) is 12.7 Å². The second-order valence-electron chi connectivity index (χ2n) is 5.38. The molecule has 2 heterocycles. The maximum absolute atomic E-state index is 11.5. The summed E-state index contributed by atoms with van der Waals surface area (Å²) < 4.78 is 5.73. The summed E-state index contributed by atoms with van der Waals surface area (Å²) in [5, 5.41) is 9.49. The Balaban J connectivity index is 1.86. The van der Waals surface area contributed by atoms with Gasteiger partial charge in [-0.15, -0.1) is 6.58 Å². The molecule has 0 aromatic carbocycles. The second-order valence-corrected chi connectivity index (χ2v) is 5.38. The normalized spacial score (nSPS) is 35.1. The molecule has 3 atom stereocenters. The van der Waals surface area contributed by atoms with Gasteiger partial charge in [0.05, 0.1) is 17.6 Å². The maximum Gasteiger partial charge on any atom is 0.312 e. The van der Waals surface area contributed by atoms with E-state index in [9.17, 15) is 9.90 Å². The van der Waals surface area contributed by atoms with E-state index >= 15 is 0 Å². The minimum Gasteiger partial charge on any atom is -0.481 e. The summed E-state index contributed by atoms with van der Waals surface area (Å²) in [7, 11) is 0. The number of fused-ring (bicyclic) bond motifs is 2. The predicted molar refractivity (Wildman–Crippen MR) is 65.9 cm³/mol. The quantitative estimate of drug-likeness (QED) is 0.547. The smallest absolute Gasteiger partial charge is 0.312 e. The van der Waals surface area contributed by atoms with E-state index in [2.05, 4.69) is 6.58 Å². The van der Waals surface area contributed by atoms with E-state index in [0.29, 0.717) is 0 Å². The van der Waals surface area contributed by atoms with Crippen molar-refractivity contribution in [2.45, 2.75) is 63.6 Å². The molecule has 0 aromatic rings. The summed E-state index contributed by atoms with van der Waals surface area (Å²) in [5.41, 5.74) is -0.572. The molecular weight excluding hydrogens is 216 g/mol. The molecule has 0 radical (unpaired) electrons. The van der Waals surface area contributed by atoms with Crippen molar-refractivity contribution < 1.29 is 14.6 Å². The van der Waals surface area contributed by atoms with Gasteiger partial charge in [-0.25, -0.2) is 0 Å². The van der Waals surface area contributed by atoms with Crippen molar-refractivity contribution in [2.75, 3.05) is 0 Å². The standard InChI is InChI=1S/C14H22O3/c1-2-3-4-5-6-9-14(13(15)16)10-11-7-8-12(14)17-11/h2,11-12H,1,3-10H2,(H,15,16). The largest absolute Gasteiger partial charge is 0.481 e. The Morgan fingerprint density at radius 1 is 1.41 bits per heavy atom. The van der Waals surface area contributed by atoms with Crippen LogP contribution in [0.1, 0.15) is 51.4 Å². The van der Waals surface area contributed by atoms with Gasteiger partial charge in [-0.05, 0) is 38.5 Å².